The number of thioether (sulfide) groups is 1. The van der Waals surface area contributed by atoms with Crippen molar-refractivity contribution in [1.82, 2.24) is 0 Å². The fourth-order valence-corrected chi connectivity index (χ4v) is 3.11. The maximum Gasteiger partial charge on any atom is 0.199 e. The maximum atomic E-state index is 8.24. The summed E-state index contributed by atoms with van der Waals surface area (Å²) < 4.78 is 1.92. The Kier molecular flexibility index (Phi) is 5.72. The molecule has 0 aliphatic heterocycles. The second kappa shape index (κ2) is 7.33. The molecular formula is C15H15Br2N3S. The van der Waals surface area contributed by atoms with Crippen molar-refractivity contribution >= 4 is 61.0 Å². The zero-order valence-electron chi connectivity index (χ0n) is 11.7. The fraction of sp³-hybridized carbons (Fsp3) is 0.133. The maximum absolute atomic E-state index is 8.24. The van der Waals surface area contributed by atoms with Crippen LogP contribution in [0, 0.1) is 5.41 Å². The van der Waals surface area contributed by atoms with E-state index < -0.39 is 0 Å². The zero-order chi connectivity index (χ0) is 15.4. The first-order valence-corrected chi connectivity index (χ1v) is 9.00. The number of benzene rings is 2. The third-order valence-electron chi connectivity index (χ3n) is 2.94. The molecular weight excluding hydrogens is 414 g/mol. The number of halogens is 2. The second-order valence-corrected chi connectivity index (χ2v) is 7.01. The summed E-state index contributed by atoms with van der Waals surface area (Å²) in [6.07, 6.45) is 2.04. The van der Waals surface area contributed by atoms with Gasteiger partial charge >= 0.3 is 0 Å². The molecule has 110 valence electrons. The molecule has 2 N–H and O–H groups in total. The molecule has 0 aliphatic rings. The molecule has 0 atom stereocenters. The number of anilines is 2. The van der Waals surface area contributed by atoms with Crippen molar-refractivity contribution in [2.75, 3.05) is 23.5 Å². The highest BCUT2D eigenvalue weighted by molar-refractivity contribution is 9.11. The molecule has 0 radical (unpaired) electrons. The molecule has 0 amide bonds. The lowest BCUT2D eigenvalue weighted by molar-refractivity contribution is 1.20. The summed E-state index contributed by atoms with van der Waals surface area (Å²) in [5.74, 6) is 0.312. The summed E-state index contributed by atoms with van der Waals surface area (Å²) in [6.45, 7) is 0. The lowest BCUT2D eigenvalue weighted by atomic mass is 10.3. The molecule has 0 aliphatic carbocycles. The quantitative estimate of drug-likeness (QED) is 0.389. The fourth-order valence-electron chi connectivity index (χ4n) is 1.78. The summed E-state index contributed by atoms with van der Waals surface area (Å²) >= 11 is 8.66. The Morgan fingerprint density at radius 2 is 1.95 bits per heavy atom. The average Bonchev–Trinajstić information content (AvgIpc) is 2.49. The van der Waals surface area contributed by atoms with E-state index in [1.165, 1.54) is 4.90 Å². The van der Waals surface area contributed by atoms with Crippen LogP contribution in [0.2, 0.25) is 0 Å². The van der Waals surface area contributed by atoms with Crippen molar-refractivity contribution in [3.63, 3.8) is 0 Å². The molecule has 0 unspecified atom stereocenters. The average molecular weight is 429 g/mol. The SMILES string of the molecule is CSc1cccc(NC(=N)N(C)c2cc(Br)ccc2Br)c1. The summed E-state index contributed by atoms with van der Waals surface area (Å²) in [7, 11) is 1.86. The second-order valence-electron chi connectivity index (χ2n) is 4.36. The van der Waals surface area contributed by atoms with Crippen LogP contribution in [0.25, 0.3) is 0 Å². The van der Waals surface area contributed by atoms with E-state index in [9.17, 15) is 0 Å². The Morgan fingerprint density at radius 3 is 2.67 bits per heavy atom. The van der Waals surface area contributed by atoms with Gasteiger partial charge in [-0.05, 0) is 58.6 Å². The van der Waals surface area contributed by atoms with Crippen LogP contribution >= 0.6 is 43.6 Å². The first-order chi connectivity index (χ1) is 10.0. The van der Waals surface area contributed by atoms with Gasteiger partial charge in [0.25, 0.3) is 0 Å². The van der Waals surface area contributed by atoms with Gasteiger partial charge in [0.05, 0.1) is 5.69 Å². The predicted octanol–water partition coefficient (Wildman–Crippen LogP) is 5.42. The molecule has 0 spiro atoms. The molecule has 0 aromatic heterocycles. The molecule has 0 fully saturated rings. The molecule has 0 saturated heterocycles. The van der Waals surface area contributed by atoms with Crippen LogP contribution in [-0.2, 0) is 0 Å². The van der Waals surface area contributed by atoms with Gasteiger partial charge in [0.1, 0.15) is 0 Å². The highest BCUT2D eigenvalue weighted by Crippen LogP contribution is 2.29. The van der Waals surface area contributed by atoms with E-state index in [0.29, 0.717) is 5.96 Å². The van der Waals surface area contributed by atoms with E-state index in [0.717, 1.165) is 20.3 Å². The van der Waals surface area contributed by atoms with Crippen LogP contribution in [-0.4, -0.2) is 19.3 Å². The molecule has 2 aromatic carbocycles. The minimum Gasteiger partial charge on any atom is -0.326 e. The van der Waals surface area contributed by atoms with Gasteiger partial charge in [-0.1, -0.05) is 22.0 Å². The first kappa shape index (κ1) is 16.4. The Morgan fingerprint density at radius 1 is 1.19 bits per heavy atom. The van der Waals surface area contributed by atoms with Crippen molar-refractivity contribution in [2.24, 2.45) is 0 Å². The van der Waals surface area contributed by atoms with E-state index in [1.54, 1.807) is 16.7 Å². The van der Waals surface area contributed by atoms with Gasteiger partial charge in [0.15, 0.2) is 5.96 Å². The molecule has 2 rings (SSSR count). The third kappa shape index (κ3) is 4.25. The predicted molar refractivity (Wildman–Crippen MR) is 99.8 cm³/mol. The van der Waals surface area contributed by atoms with Gasteiger partial charge < -0.3 is 10.2 Å². The smallest absolute Gasteiger partial charge is 0.199 e. The Bertz CT molecular complexity index is 661. The van der Waals surface area contributed by atoms with E-state index in [1.807, 2.05) is 55.8 Å². The van der Waals surface area contributed by atoms with Crippen molar-refractivity contribution < 1.29 is 0 Å². The standard InChI is InChI=1S/C15H15Br2N3S/c1-20(14-8-10(16)6-7-13(14)17)15(18)19-11-4-3-5-12(9-11)21-2/h3-9H,1-2H3,(H2,18,19). The minimum atomic E-state index is 0.312. The van der Waals surface area contributed by atoms with E-state index >= 15 is 0 Å². The number of rotatable bonds is 3. The highest BCUT2D eigenvalue weighted by Gasteiger charge is 2.11. The summed E-state index contributed by atoms with van der Waals surface area (Å²) in [6, 6.07) is 13.9. The Hall–Kier alpha value is -0.980. The Balaban J connectivity index is 2.17. The van der Waals surface area contributed by atoms with Crippen molar-refractivity contribution in [1.29, 1.82) is 5.41 Å². The van der Waals surface area contributed by atoms with Crippen LogP contribution in [0.4, 0.5) is 11.4 Å². The molecule has 21 heavy (non-hydrogen) atoms. The van der Waals surface area contributed by atoms with Gasteiger partial charge in [0.2, 0.25) is 0 Å². The van der Waals surface area contributed by atoms with Gasteiger partial charge in [0, 0.05) is 26.6 Å². The number of nitrogens with one attached hydrogen (secondary N) is 2. The van der Waals surface area contributed by atoms with Crippen LogP contribution in [0.15, 0.2) is 56.3 Å². The van der Waals surface area contributed by atoms with Crippen LogP contribution in [0.5, 0.6) is 0 Å². The number of hydrogen-bond donors (Lipinski definition) is 2. The van der Waals surface area contributed by atoms with Crippen LogP contribution < -0.4 is 10.2 Å². The Labute approximate surface area is 145 Å². The van der Waals surface area contributed by atoms with E-state index in [4.69, 9.17) is 5.41 Å². The van der Waals surface area contributed by atoms with Crippen molar-refractivity contribution in [2.45, 2.75) is 4.90 Å². The zero-order valence-corrected chi connectivity index (χ0v) is 15.6. The normalized spacial score (nSPS) is 10.3. The van der Waals surface area contributed by atoms with Gasteiger partial charge in [-0.25, -0.2) is 0 Å². The lowest BCUT2D eigenvalue weighted by Crippen LogP contribution is -2.32. The van der Waals surface area contributed by atoms with Gasteiger partial charge in [-0.2, -0.15) is 0 Å². The van der Waals surface area contributed by atoms with E-state index in [-0.39, 0.29) is 0 Å². The van der Waals surface area contributed by atoms with Crippen LogP contribution in [0.3, 0.4) is 0 Å². The molecule has 2 aromatic rings. The summed E-state index contributed by atoms with van der Waals surface area (Å²) in [4.78, 5) is 2.96. The van der Waals surface area contributed by atoms with Crippen LogP contribution in [0.1, 0.15) is 0 Å². The molecule has 3 nitrogen and oxygen atoms in total. The molecule has 6 heteroatoms. The number of guanidine groups is 1. The van der Waals surface area contributed by atoms with Gasteiger partial charge in [-0.3, -0.25) is 5.41 Å². The van der Waals surface area contributed by atoms with Crippen molar-refractivity contribution in [3.8, 4) is 0 Å². The van der Waals surface area contributed by atoms with Crippen molar-refractivity contribution in [3.05, 3.63) is 51.4 Å². The van der Waals surface area contributed by atoms with E-state index in [2.05, 4.69) is 37.2 Å². The molecule has 0 saturated carbocycles. The van der Waals surface area contributed by atoms with Gasteiger partial charge in [-0.15, -0.1) is 11.8 Å². The highest BCUT2D eigenvalue weighted by atomic mass is 79.9. The molecule has 0 heterocycles. The third-order valence-corrected chi connectivity index (χ3v) is 4.83. The molecule has 0 bridgehead atoms. The summed E-state index contributed by atoms with van der Waals surface area (Å²) in [5, 5.41) is 11.4. The lowest BCUT2D eigenvalue weighted by Gasteiger charge is -2.22. The first-order valence-electron chi connectivity index (χ1n) is 6.19. The summed E-state index contributed by atoms with van der Waals surface area (Å²) in [5.41, 5.74) is 1.83. The monoisotopic (exact) mass is 427 g/mol. The largest absolute Gasteiger partial charge is 0.326 e. The topological polar surface area (TPSA) is 39.1 Å². The number of hydrogen-bond acceptors (Lipinski definition) is 2. The minimum absolute atomic E-state index is 0.312. The number of nitrogens with zero attached hydrogens (tertiary/aromatic N) is 1.